The third kappa shape index (κ3) is 4.88. The third-order valence-corrected chi connectivity index (χ3v) is 8.36. The third-order valence-electron chi connectivity index (χ3n) is 6.95. The van der Waals surface area contributed by atoms with E-state index >= 15 is 0 Å². The van der Waals surface area contributed by atoms with Crippen LogP contribution in [0.15, 0.2) is 87.7 Å². The molecule has 0 atom stereocenters. The molecule has 4 aromatic carbocycles. The zero-order chi connectivity index (χ0) is 29.8. The van der Waals surface area contributed by atoms with Gasteiger partial charge in [0.1, 0.15) is 22.7 Å². The summed E-state index contributed by atoms with van der Waals surface area (Å²) in [7, 11) is -0.801. The molecule has 0 aliphatic rings. The minimum absolute atomic E-state index is 0.215. The van der Waals surface area contributed by atoms with Crippen molar-refractivity contribution in [3.8, 4) is 33.9 Å². The Hall–Kier alpha value is -4.67. The quantitative estimate of drug-likeness (QED) is 0.217. The number of sulfonamides is 1. The summed E-state index contributed by atoms with van der Waals surface area (Å²) in [4.78, 5) is 17.7. The molecule has 0 spiro atoms. The SMILES string of the molecule is CNC(=O)c1c(-c2ccc(F)cc2)oc2cc(N(C)S(C)(=O)=O)c(-c3cc(Cl)cc(-c4nc5ccccc5o4)c3)cc12. The summed E-state index contributed by atoms with van der Waals surface area (Å²) in [6.07, 6.45) is 1.09. The topological polar surface area (TPSA) is 106 Å². The lowest BCUT2D eigenvalue weighted by molar-refractivity contribution is 0.0964. The minimum Gasteiger partial charge on any atom is -0.455 e. The zero-order valence-electron chi connectivity index (χ0n) is 22.6. The Morgan fingerprint density at radius 1 is 0.929 bits per heavy atom. The molecule has 0 aliphatic carbocycles. The lowest BCUT2D eigenvalue weighted by Gasteiger charge is -2.21. The number of hydrogen-bond donors (Lipinski definition) is 1. The van der Waals surface area contributed by atoms with Crippen LogP contribution in [-0.4, -0.2) is 39.7 Å². The molecule has 2 aromatic heterocycles. The van der Waals surface area contributed by atoms with Crippen molar-refractivity contribution in [2.24, 2.45) is 0 Å². The number of benzene rings is 4. The maximum atomic E-state index is 13.7. The van der Waals surface area contributed by atoms with Gasteiger partial charge >= 0.3 is 0 Å². The van der Waals surface area contributed by atoms with E-state index in [9.17, 15) is 17.6 Å². The Morgan fingerprint density at radius 2 is 1.64 bits per heavy atom. The highest BCUT2D eigenvalue weighted by atomic mass is 35.5. The fourth-order valence-corrected chi connectivity index (χ4v) is 5.57. The Kier molecular flexibility index (Phi) is 6.75. The lowest BCUT2D eigenvalue weighted by Crippen LogP contribution is -2.25. The van der Waals surface area contributed by atoms with Crippen LogP contribution in [0.25, 0.3) is 56.0 Å². The van der Waals surface area contributed by atoms with Gasteiger partial charge in [-0.25, -0.2) is 17.8 Å². The number of nitrogens with zero attached hydrogens (tertiary/aromatic N) is 2. The maximum Gasteiger partial charge on any atom is 0.255 e. The van der Waals surface area contributed by atoms with Crippen LogP contribution in [0.3, 0.4) is 0 Å². The van der Waals surface area contributed by atoms with Gasteiger partial charge in [0, 0.05) is 47.3 Å². The highest BCUT2D eigenvalue weighted by molar-refractivity contribution is 7.92. The second-order valence-corrected chi connectivity index (χ2v) is 12.2. The number of aromatic nitrogens is 1. The van der Waals surface area contributed by atoms with E-state index in [-0.39, 0.29) is 16.9 Å². The molecule has 0 saturated heterocycles. The van der Waals surface area contributed by atoms with Gasteiger partial charge in [0.05, 0.1) is 17.5 Å². The van der Waals surface area contributed by atoms with Crippen LogP contribution in [0.2, 0.25) is 5.02 Å². The molecular formula is C31H23ClFN3O5S. The fraction of sp³-hybridized carbons (Fsp3) is 0.0968. The van der Waals surface area contributed by atoms with Crippen molar-refractivity contribution in [2.45, 2.75) is 0 Å². The molecule has 1 N–H and O–H groups in total. The minimum atomic E-state index is -3.72. The van der Waals surface area contributed by atoms with Gasteiger partial charge in [0.2, 0.25) is 15.9 Å². The van der Waals surface area contributed by atoms with E-state index in [1.807, 2.05) is 24.3 Å². The molecule has 0 unspecified atom stereocenters. The van der Waals surface area contributed by atoms with Gasteiger partial charge in [-0.1, -0.05) is 23.7 Å². The number of furan rings is 1. The number of para-hydroxylation sites is 2. The number of nitrogens with one attached hydrogen (secondary N) is 1. The molecule has 6 aromatic rings. The largest absolute Gasteiger partial charge is 0.455 e. The summed E-state index contributed by atoms with van der Waals surface area (Å²) in [5.74, 6) is -0.312. The average Bonchev–Trinajstić information content (AvgIpc) is 3.57. The standard InChI is InChI=1S/C31H23ClFN3O5S/c1-34-30(37)28-23-15-22(18-12-19(14-20(32)13-18)31-35-24-6-4-5-7-26(24)41-31)25(36(2)42(3,38)39)16-27(23)40-29(28)17-8-10-21(33)11-9-17/h4-16H,1-3H3,(H,34,37). The Labute approximate surface area is 245 Å². The van der Waals surface area contributed by atoms with Gasteiger partial charge in [0.25, 0.3) is 5.91 Å². The molecule has 0 saturated carbocycles. The summed E-state index contributed by atoms with van der Waals surface area (Å²) in [5, 5.41) is 3.43. The van der Waals surface area contributed by atoms with E-state index in [1.54, 1.807) is 30.3 Å². The number of rotatable bonds is 6. The van der Waals surface area contributed by atoms with Crippen LogP contribution in [0, 0.1) is 5.82 Å². The normalized spacial score (nSPS) is 11.7. The first-order valence-electron chi connectivity index (χ1n) is 12.7. The summed E-state index contributed by atoms with van der Waals surface area (Å²) < 4.78 is 52.4. The molecule has 42 heavy (non-hydrogen) atoms. The number of halogens is 2. The van der Waals surface area contributed by atoms with Crippen LogP contribution in [-0.2, 0) is 10.0 Å². The number of carbonyl (C=O) groups is 1. The van der Waals surface area contributed by atoms with Crippen molar-refractivity contribution in [1.82, 2.24) is 10.3 Å². The number of hydrogen-bond acceptors (Lipinski definition) is 6. The van der Waals surface area contributed by atoms with E-state index in [0.29, 0.717) is 55.3 Å². The second-order valence-electron chi connectivity index (χ2n) is 9.70. The Balaban J connectivity index is 1.63. The number of fused-ring (bicyclic) bond motifs is 2. The molecule has 0 fully saturated rings. The van der Waals surface area contributed by atoms with E-state index in [0.717, 1.165) is 10.6 Å². The molecule has 11 heteroatoms. The molecule has 6 rings (SSSR count). The van der Waals surface area contributed by atoms with Gasteiger partial charge in [0.15, 0.2) is 5.58 Å². The summed E-state index contributed by atoms with van der Waals surface area (Å²) >= 11 is 6.58. The fourth-order valence-electron chi connectivity index (χ4n) is 4.82. The van der Waals surface area contributed by atoms with Crippen molar-refractivity contribution < 1.29 is 26.4 Å². The van der Waals surface area contributed by atoms with Crippen LogP contribution < -0.4 is 9.62 Å². The van der Waals surface area contributed by atoms with Gasteiger partial charge in [-0.2, -0.15) is 0 Å². The molecule has 0 radical (unpaired) electrons. The highest BCUT2D eigenvalue weighted by Gasteiger charge is 2.26. The molecule has 1 amide bonds. The molecule has 212 valence electrons. The lowest BCUT2D eigenvalue weighted by atomic mass is 9.97. The Bertz CT molecular complexity index is 2090. The number of carbonyl (C=O) groups excluding carboxylic acids is 1. The van der Waals surface area contributed by atoms with Crippen LogP contribution in [0.1, 0.15) is 10.4 Å². The van der Waals surface area contributed by atoms with Gasteiger partial charge in [-0.05, 0) is 66.2 Å². The highest BCUT2D eigenvalue weighted by Crippen LogP contribution is 2.43. The van der Waals surface area contributed by atoms with Crippen molar-refractivity contribution in [1.29, 1.82) is 0 Å². The van der Waals surface area contributed by atoms with Crippen LogP contribution in [0.4, 0.5) is 10.1 Å². The maximum absolute atomic E-state index is 13.7. The average molecular weight is 604 g/mol. The Morgan fingerprint density at radius 3 is 2.33 bits per heavy atom. The van der Waals surface area contributed by atoms with Crippen molar-refractivity contribution in [2.75, 3.05) is 24.7 Å². The van der Waals surface area contributed by atoms with E-state index < -0.39 is 21.7 Å². The van der Waals surface area contributed by atoms with Crippen molar-refractivity contribution >= 4 is 55.3 Å². The molecule has 2 heterocycles. The molecule has 0 aliphatic heterocycles. The number of anilines is 1. The molecule has 8 nitrogen and oxygen atoms in total. The van der Waals surface area contributed by atoms with E-state index in [2.05, 4.69) is 10.3 Å². The monoisotopic (exact) mass is 603 g/mol. The van der Waals surface area contributed by atoms with Crippen molar-refractivity contribution in [3.05, 3.63) is 95.3 Å². The smallest absolute Gasteiger partial charge is 0.255 e. The van der Waals surface area contributed by atoms with Crippen molar-refractivity contribution in [3.63, 3.8) is 0 Å². The second kappa shape index (κ2) is 10.3. The van der Waals surface area contributed by atoms with Crippen LogP contribution in [0.5, 0.6) is 0 Å². The number of amides is 1. The first-order chi connectivity index (χ1) is 20.0. The van der Waals surface area contributed by atoms with Gasteiger partial charge < -0.3 is 14.2 Å². The predicted octanol–water partition coefficient (Wildman–Crippen LogP) is 7.12. The van der Waals surface area contributed by atoms with Gasteiger partial charge in [-0.15, -0.1) is 0 Å². The number of oxazole rings is 1. The zero-order valence-corrected chi connectivity index (χ0v) is 24.2. The first-order valence-corrected chi connectivity index (χ1v) is 15.0. The summed E-state index contributed by atoms with van der Waals surface area (Å²) in [5.41, 5.74) is 4.13. The molecular weight excluding hydrogens is 581 g/mol. The summed E-state index contributed by atoms with van der Waals surface area (Å²) in [6.45, 7) is 0. The first kappa shape index (κ1) is 27.5. The predicted molar refractivity (Wildman–Crippen MR) is 162 cm³/mol. The molecule has 0 bridgehead atoms. The van der Waals surface area contributed by atoms with E-state index in [4.69, 9.17) is 20.4 Å². The van der Waals surface area contributed by atoms with E-state index in [1.165, 1.54) is 38.4 Å². The van der Waals surface area contributed by atoms with Crippen LogP contribution >= 0.6 is 11.6 Å². The summed E-state index contributed by atoms with van der Waals surface area (Å²) in [6, 6.07) is 21.3. The van der Waals surface area contributed by atoms with Gasteiger partial charge in [-0.3, -0.25) is 9.10 Å².